The zero-order chi connectivity index (χ0) is 30.4. The van der Waals surface area contributed by atoms with Crippen LogP contribution in [-0.4, -0.2) is 50.4 Å². The second-order valence-corrected chi connectivity index (χ2v) is 13.1. The number of carbonyl (C=O) groups is 2. The van der Waals surface area contributed by atoms with Crippen LogP contribution < -0.4 is 14.4 Å². The molecule has 0 aliphatic carbocycles. The minimum absolute atomic E-state index is 0.0408. The maximum atomic E-state index is 14.2. The average molecular weight is 600 g/mol. The molecule has 41 heavy (non-hydrogen) atoms. The van der Waals surface area contributed by atoms with Gasteiger partial charge >= 0.3 is 0 Å². The van der Waals surface area contributed by atoms with Crippen LogP contribution >= 0.6 is 11.6 Å². The van der Waals surface area contributed by atoms with Crippen molar-refractivity contribution in [2.75, 3.05) is 18.0 Å². The van der Waals surface area contributed by atoms with Gasteiger partial charge in [0, 0.05) is 17.1 Å². The van der Waals surface area contributed by atoms with Crippen molar-refractivity contribution in [3.05, 3.63) is 88.9 Å². The molecule has 0 radical (unpaired) electrons. The van der Waals surface area contributed by atoms with Crippen molar-refractivity contribution in [2.45, 2.75) is 64.1 Å². The van der Waals surface area contributed by atoms with Crippen molar-refractivity contribution >= 4 is 39.1 Å². The lowest BCUT2D eigenvalue weighted by molar-refractivity contribution is -0.141. The van der Waals surface area contributed by atoms with Gasteiger partial charge in [-0.25, -0.2) is 8.42 Å². The quantitative estimate of drug-likeness (QED) is 0.311. The van der Waals surface area contributed by atoms with Crippen LogP contribution in [0.3, 0.4) is 0 Å². The fourth-order valence-corrected chi connectivity index (χ4v) is 6.20. The predicted octanol–water partition coefficient (Wildman–Crippen LogP) is 5.57. The smallest absolute Gasteiger partial charge is 0.264 e. The number of benzene rings is 3. The summed E-state index contributed by atoms with van der Waals surface area (Å²) < 4.78 is 34.4. The van der Waals surface area contributed by atoms with Crippen molar-refractivity contribution < 1.29 is 22.7 Å². The van der Waals surface area contributed by atoms with Gasteiger partial charge in [-0.15, -0.1) is 0 Å². The topological polar surface area (TPSA) is 96.0 Å². The van der Waals surface area contributed by atoms with Gasteiger partial charge in [0.15, 0.2) is 0 Å². The number of hydrogen-bond acceptors (Lipinski definition) is 5. The van der Waals surface area contributed by atoms with E-state index in [0.29, 0.717) is 28.4 Å². The van der Waals surface area contributed by atoms with Crippen LogP contribution in [0.2, 0.25) is 5.02 Å². The summed E-state index contributed by atoms with van der Waals surface area (Å²) in [6, 6.07) is 19.1. The number of nitrogens with zero attached hydrogens (tertiary/aromatic N) is 2. The van der Waals surface area contributed by atoms with E-state index in [1.807, 2.05) is 33.8 Å². The van der Waals surface area contributed by atoms with Crippen LogP contribution in [0, 0.1) is 6.92 Å². The standard InChI is InChI=1S/C31H38ClN3O5S/c1-7-27(30(37)33-31(3,4)5)34(20-23-12-11-13-25(19-23)40-6)29(36)21-35(28-17-16-24(32)18-22(28)2)41(38,39)26-14-9-8-10-15-26/h8-19,27H,7,20-21H2,1-6H3,(H,33,37)/t27-/m1/s1. The first-order valence-electron chi connectivity index (χ1n) is 13.3. The Morgan fingerprint density at radius 3 is 2.27 bits per heavy atom. The molecule has 0 aliphatic heterocycles. The van der Waals surface area contributed by atoms with Gasteiger partial charge in [0.05, 0.1) is 17.7 Å². The summed E-state index contributed by atoms with van der Waals surface area (Å²) in [5, 5.41) is 3.41. The first-order chi connectivity index (χ1) is 19.3. The minimum atomic E-state index is -4.16. The molecule has 0 spiro atoms. The maximum absolute atomic E-state index is 14.2. The first-order valence-corrected chi connectivity index (χ1v) is 15.2. The van der Waals surface area contributed by atoms with Crippen LogP contribution in [0.1, 0.15) is 45.2 Å². The summed E-state index contributed by atoms with van der Waals surface area (Å²) >= 11 is 6.17. The number of aryl methyl sites for hydroxylation is 1. The number of methoxy groups -OCH3 is 1. The van der Waals surface area contributed by atoms with Crippen LogP contribution in [0.25, 0.3) is 0 Å². The van der Waals surface area contributed by atoms with Crippen molar-refractivity contribution in [3.63, 3.8) is 0 Å². The second kappa shape index (κ2) is 13.4. The Kier molecular flexibility index (Phi) is 10.4. The fourth-order valence-electron chi connectivity index (χ4n) is 4.47. The highest BCUT2D eigenvalue weighted by atomic mass is 35.5. The lowest BCUT2D eigenvalue weighted by Gasteiger charge is -2.35. The van der Waals surface area contributed by atoms with E-state index in [0.717, 1.165) is 9.87 Å². The Morgan fingerprint density at radius 2 is 1.68 bits per heavy atom. The molecule has 10 heteroatoms. The van der Waals surface area contributed by atoms with E-state index in [-0.39, 0.29) is 17.3 Å². The molecule has 3 rings (SSSR count). The minimum Gasteiger partial charge on any atom is -0.497 e. The molecule has 0 fully saturated rings. The number of carbonyl (C=O) groups excluding carboxylic acids is 2. The molecular formula is C31H38ClN3O5S. The lowest BCUT2D eigenvalue weighted by atomic mass is 10.1. The molecule has 0 bridgehead atoms. The summed E-state index contributed by atoms with van der Waals surface area (Å²) in [5.74, 6) is -0.249. The van der Waals surface area contributed by atoms with E-state index in [1.54, 1.807) is 68.6 Å². The molecule has 0 aromatic heterocycles. The van der Waals surface area contributed by atoms with Gasteiger partial charge in [0.25, 0.3) is 10.0 Å². The van der Waals surface area contributed by atoms with Gasteiger partial charge in [-0.3, -0.25) is 13.9 Å². The van der Waals surface area contributed by atoms with Gasteiger partial charge in [-0.2, -0.15) is 0 Å². The van der Waals surface area contributed by atoms with E-state index >= 15 is 0 Å². The monoisotopic (exact) mass is 599 g/mol. The Labute approximate surface area is 248 Å². The third kappa shape index (κ3) is 8.24. The molecule has 1 atom stereocenters. The summed E-state index contributed by atoms with van der Waals surface area (Å²) in [7, 11) is -2.61. The Bertz CT molecular complexity index is 1470. The number of ether oxygens (including phenoxy) is 1. The number of hydrogen-bond donors (Lipinski definition) is 1. The highest BCUT2D eigenvalue weighted by Gasteiger charge is 2.35. The summed E-state index contributed by atoms with van der Waals surface area (Å²) in [6.45, 7) is 8.70. The maximum Gasteiger partial charge on any atom is 0.264 e. The third-order valence-electron chi connectivity index (χ3n) is 6.41. The molecule has 0 unspecified atom stereocenters. The van der Waals surface area contributed by atoms with Gasteiger partial charge < -0.3 is 15.0 Å². The third-order valence-corrected chi connectivity index (χ3v) is 8.42. The van der Waals surface area contributed by atoms with Crippen molar-refractivity contribution in [2.24, 2.45) is 0 Å². The number of amides is 2. The van der Waals surface area contributed by atoms with Gasteiger partial charge in [-0.05, 0) is 87.7 Å². The van der Waals surface area contributed by atoms with E-state index in [1.165, 1.54) is 17.0 Å². The number of halogens is 1. The number of nitrogens with one attached hydrogen (secondary N) is 1. The molecule has 8 nitrogen and oxygen atoms in total. The largest absolute Gasteiger partial charge is 0.497 e. The highest BCUT2D eigenvalue weighted by Crippen LogP contribution is 2.29. The van der Waals surface area contributed by atoms with Crippen molar-refractivity contribution in [1.29, 1.82) is 0 Å². The molecule has 1 N–H and O–H groups in total. The number of sulfonamides is 1. The normalized spacial score (nSPS) is 12.4. The SMILES string of the molecule is CC[C@H](C(=O)NC(C)(C)C)N(Cc1cccc(OC)c1)C(=O)CN(c1ccc(Cl)cc1C)S(=O)(=O)c1ccccc1. The van der Waals surface area contributed by atoms with Gasteiger partial charge in [0.2, 0.25) is 11.8 Å². The van der Waals surface area contributed by atoms with Crippen LogP contribution in [0.15, 0.2) is 77.7 Å². The van der Waals surface area contributed by atoms with Gasteiger partial charge in [0.1, 0.15) is 18.3 Å². The fraction of sp³-hybridized carbons (Fsp3) is 0.355. The van der Waals surface area contributed by atoms with E-state index in [2.05, 4.69) is 5.32 Å². The molecule has 0 saturated heterocycles. The van der Waals surface area contributed by atoms with E-state index in [4.69, 9.17) is 16.3 Å². The van der Waals surface area contributed by atoms with Crippen LogP contribution in [-0.2, 0) is 26.2 Å². The van der Waals surface area contributed by atoms with Crippen molar-refractivity contribution in [3.8, 4) is 5.75 Å². The Hall–Kier alpha value is -3.56. The van der Waals surface area contributed by atoms with Crippen molar-refractivity contribution in [1.82, 2.24) is 10.2 Å². The molecule has 2 amide bonds. The van der Waals surface area contributed by atoms with E-state index in [9.17, 15) is 18.0 Å². The highest BCUT2D eigenvalue weighted by molar-refractivity contribution is 7.92. The molecular weight excluding hydrogens is 562 g/mol. The molecule has 3 aromatic carbocycles. The molecule has 0 heterocycles. The zero-order valence-corrected chi connectivity index (χ0v) is 25.9. The Morgan fingerprint density at radius 1 is 1.00 bits per heavy atom. The molecule has 220 valence electrons. The van der Waals surface area contributed by atoms with E-state index < -0.39 is 34.1 Å². The number of rotatable bonds is 11. The summed E-state index contributed by atoms with van der Waals surface area (Å²) in [5.41, 5.74) is 1.11. The Balaban J connectivity index is 2.10. The van der Waals surface area contributed by atoms with Gasteiger partial charge in [-0.1, -0.05) is 48.9 Å². The summed E-state index contributed by atoms with van der Waals surface area (Å²) in [4.78, 5) is 29.1. The summed E-state index contributed by atoms with van der Waals surface area (Å²) in [6.07, 6.45) is 0.322. The molecule has 0 saturated carbocycles. The predicted molar refractivity (Wildman–Crippen MR) is 163 cm³/mol. The molecule has 0 aliphatic rings. The average Bonchev–Trinajstić information content (AvgIpc) is 2.91. The number of anilines is 1. The second-order valence-electron chi connectivity index (χ2n) is 10.8. The zero-order valence-electron chi connectivity index (χ0n) is 24.3. The van der Waals surface area contributed by atoms with Crippen LogP contribution in [0.5, 0.6) is 5.75 Å². The molecule has 3 aromatic rings. The van der Waals surface area contributed by atoms with Crippen LogP contribution in [0.4, 0.5) is 5.69 Å². The lowest BCUT2D eigenvalue weighted by Crippen LogP contribution is -2.55. The first kappa shape index (κ1) is 32.0.